The van der Waals surface area contributed by atoms with Gasteiger partial charge < -0.3 is 5.32 Å². The molecular formula is C13H20ClN3S. The van der Waals surface area contributed by atoms with Crippen LogP contribution >= 0.6 is 22.9 Å². The lowest BCUT2D eigenvalue weighted by molar-refractivity contribution is 0.0606. The van der Waals surface area contributed by atoms with Gasteiger partial charge >= 0.3 is 0 Å². The Morgan fingerprint density at radius 3 is 3.06 bits per heavy atom. The zero-order valence-electron chi connectivity index (χ0n) is 10.6. The van der Waals surface area contributed by atoms with E-state index < -0.39 is 0 Å². The van der Waals surface area contributed by atoms with Crippen LogP contribution in [0.3, 0.4) is 0 Å². The van der Waals surface area contributed by atoms with Crippen LogP contribution < -0.4 is 5.32 Å². The second-order valence-corrected chi connectivity index (χ2v) is 7.37. The smallest absolute Gasteiger partial charge is 0.183 e. The molecule has 1 aromatic heterocycles. The van der Waals surface area contributed by atoms with E-state index in [1.165, 1.54) is 56.7 Å². The second-order valence-electron chi connectivity index (χ2n) is 5.67. The van der Waals surface area contributed by atoms with Crippen LogP contribution in [0, 0.1) is 5.41 Å². The van der Waals surface area contributed by atoms with E-state index in [0.717, 1.165) is 6.54 Å². The highest BCUT2D eigenvalue weighted by Gasteiger charge is 2.36. The van der Waals surface area contributed by atoms with Gasteiger partial charge in [-0.3, -0.25) is 4.90 Å². The van der Waals surface area contributed by atoms with Crippen molar-refractivity contribution in [3.63, 3.8) is 0 Å². The number of hydrogen-bond donors (Lipinski definition) is 1. The van der Waals surface area contributed by atoms with Gasteiger partial charge in [0.05, 0.1) is 0 Å². The summed E-state index contributed by atoms with van der Waals surface area (Å²) in [5.41, 5.74) is 0.533. The van der Waals surface area contributed by atoms with Gasteiger partial charge in [0.1, 0.15) is 0 Å². The molecule has 0 radical (unpaired) electrons. The average molecular weight is 286 g/mol. The van der Waals surface area contributed by atoms with Crippen molar-refractivity contribution < 1.29 is 0 Å². The van der Waals surface area contributed by atoms with Gasteiger partial charge in [0.2, 0.25) is 0 Å². The summed E-state index contributed by atoms with van der Waals surface area (Å²) in [5.74, 6) is 0. The molecule has 1 atom stereocenters. The minimum atomic E-state index is 0.533. The fraction of sp³-hybridized carbons (Fsp3) is 0.769. The Kier molecular flexibility index (Phi) is 3.89. The van der Waals surface area contributed by atoms with Gasteiger partial charge in [-0.15, -0.1) is 11.3 Å². The van der Waals surface area contributed by atoms with E-state index in [2.05, 4.69) is 15.2 Å². The number of thiazole rings is 1. The summed E-state index contributed by atoms with van der Waals surface area (Å²) in [6.45, 7) is 5.87. The van der Waals surface area contributed by atoms with E-state index >= 15 is 0 Å². The summed E-state index contributed by atoms with van der Waals surface area (Å²) in [6, 6.07) is 0. The zero-order valence-corrected chi connectivity index (χ0v) is 12.2. The summed E-state index contributed by atoms with van der Waals surface area (Å²) in [7, 11) is 0. The molecule has 0 aliphatic carbocycles. The molecule has 2 saturated heterocycles. The van der Waals surface area contributed by atoms with Gasteiger partial charge in [-0.25, -0.2) is 4.98 Å². The Bertz CT molecular complexity index is 395. The first-order chi connectivity index (χ1) is 8.76. The lowest BCUT2D eigenvalue weighted by Gasteiger charge is -2.45. The molecule has 2 fully saturated rings. The molecule has 3 nitrogen and oxygen atoms in total. The van der Waals surface area contributed by atoms with Gasteiger partial charge in [-0.2, -0.15) is 0 Å². The predicted molar refractivity (Wildman–Crippen MR) is 76.2 cm³/mol. The normalized spacial score (nSPS) is 29.8. The molecule has 1 spiro atoms. The Morgan fingerprint density at radius 2 is 2.33 bits per heavy atom. The van der Waals surface area contributed by atoms with E-state index in [9.17, 15) is 0 Å². The lowest BCUT2D eigenvalue weighted by atomic mass is 9.74. The predicted octanol–water partition coefficient (Wildman–Crippen LogP) is 2.76. The van der Waals surface area contributed by atoms with Crippen molar-refractivity contribution in [1.29, 1.82) is 0 Å². The van der Waals surface area contributed by atoms with Gasteiger partial charge in [0.25, 0.3) is 0 Å². The number of piperidine rings is 2. The molecule has 3 heterocycles. The maximum Gasteiger partial charge on any atom is 0.183 e. The highest BCUT2D eigenvalue weighted by atomic mass is 35.5. The highest BCUT2D eigenvalue weighted by Crippen LogP contribution is 2.36. The molecule has 3 rings (SSSR count). The Morgan fingerprint density at radius 1 is 1.44 bits per heavy atom. The van der Waals surface area contributed by atoms with Crippen molar-refractivity contribution in [1.82, 2.24) is 15.2 Å². The van der Waals surface area contributed by atoms with Crippen LogP contribution in [0.4, 0.5) is 0 Å². The number of likely N-dealkylation sites (tertiary alicyclic amines) is 1. The average Bonchev–Trinajstić information content (AvgIpc) is 2.76. The van der Waals surface area contributed by atoms with Crippen LogP contribution in [-0.2, 0) is 6.54 Å². The SMILES string of the molecule is Clc1ncc(CN2CCCC3(CCCNC3)C2)s1. The number of nitrogens with one attached hydrogen (secondary N) is 1. The van der Waals surface area contributed by atoms with E-state index in [1.807, 2.05) is 6.20 Å². The van der Waals surface area contributed by atoms with Crippen molar-refractivity contribution >= 4 is 22.9 Å². The standard InChI is InChI=1S/C13H20ClN3S/c14-12-16-7-11(18-12)8-17-6-2-4-13(10-17)3-1-5-15-9-13/h7,15H,1-6,8-10H2. The summed E-state index contributed by atoms with van der Waals surface area (Å²) in [5, 5.41) is 3.58. The molecule has 0 aromatic carbocycles. The van der Waals surface area contributed by atoms with Crippen molar-refractivity contribution in [2.24, 2.45) is 5.41 Å². The molecular weight excluding hydrogens is 266 g/mol. The molecule has 1 N–H and O–H groups in total. The first kappa shape index (κ1) is 12.9. The van der Waals surface area contributed by atoms with Crippen LogP contribution in [-0.4, -0.2) is 36.1 Å². The quantitative estimate of drug-likeness (QED) is 0.906. The van der Waals surface area contributed by atoms with Gasteiger partial charge in [0.15, 0.2) is 4.47 Å². The zero-order chi connectivity index (χ0) is 12.4. The molecule has 1 aromatic rings. The molecule has 2 aliphatic heterocycles. The minimum Gasteiger partial charge on any atom is -0.316 e. The highest BCUT2D eigenvalue weighted by molar-refractivity contribution is 7.15. The summed E-state index contributed by atoms with van der Waals surface area (Å²) < 4.78 is 0.663. The number of halogens is 1. The molecule has 1 unspecified atom stereocenters. The number of rotatable bonds is 2. The van der Waals surface area contributed by atoms with Crippen LogP contribution in [0.15, 0.2) is 6.20 Å². The van der Waals surface area contributed by atoms with E-state index in [0.29, 0.717) is 9.88 Å². The van der Waals surface area contributed by atoms with E-state index in [4.69, 9.17) is 11.6 Å². The van der Waals surface area contributed by atoms with Crippen LogP contribution in [0.5, 0.6) is 0 Å². The van der Waals surface area contributed by atoms with E-state index in [-0.39, 0.29) is 0 Å². The lowest BCUT2D eigenvalue weighted by Crippen LogP contribution is -2.50. The van der Waals surface area contributed by atoms with Gasteiger partial charge in [-0.1, -0.05) is 11.6 Å². The molecule has 18 heavy (non-hydrogen) atoms. The summed E-state index contributed by atoms with van der Waals surface area (Å²) in [4.78, 5) is 8.01. The number of hydrogen-bond acceptors (Lipinski definition) is 4. The Hall–Kier alpha value is -0.160. The molecule has 0 bridgehead atoms. The number of aromatic nitrogens is 1. The van der Waals surface area contributed by atoms with Gasteiger partial charge in [0, 0.05) is 30.7 Å². The minimum absolute atomic E-state index is 0.533. The Labute approximate surface area is 118 Å². The first-order valence-electron chi connectivity index (χ1n) is 6.79. The van der Waals surface area contributed by atoms with E-state index in [1.54, 1.807) is 11.3 Å². The molecule has 0 amide bonds. The maximum absolute atomic E-state index is 5.90. The monoisotopic (exact) mass is 285 g/mol. The Balaban J connectivity index is 1.63. The molecule has 100 valence electrons. The van der Waals surface area contributed by atoms with Crippen LogP contribution in [0.25, 0.3) is 0 Å². The molecule has 5 heteroatoms. The summed E-state index contributed by atoms with van der Waals surface area (Å²) in [6.07, 6.45) is 7.36. The number of nitrogens with zero attached hydrogens (tertiary/aromatic N) is 2. The van der Waals surface area contributed by atoms with Crippen molar-refractivity contribution in [2.75, 3.05) is 26.2 Å². The maximum atomic E-state index is 5.90. The van der Waals surface area contributed by atoms with Crippen LogP contribution in [0.2, 0.25) is 4.47 Å². The largest absolute Gasteiger partial charge is 0.316 e. The van der Waals surface area contributed by atoms with Crippen molar-refractivity contribution in [3.05, 3.63) is 15.5 Å². The first-order valence-corrected chi connectivity index (χ1v) is 7.99. The third-order valence-corrected chi connectivity index (χ3v) is 5.31. The van der Waals surface area contributed by atoms with Crippen molar-refractivity contribution in [3.8, 4) is 0 Å². The second kappa shape index (κ2) is 5.45. The molecule has 0 saturated carbocycles. The molecule has 2 aliphatic rings. The third kappa shape index (κ3) is 2.87. The fourth-order valence-electron chi connectivity index (χ4n) is 3.40. The third-order valence-electron chi connectivity index (χ3n) is 4.21. The van der Waals surface area contributed by atoms with Gasteiger partial charge in [-0.05, 0) is 44.2 Å². The fourth-order valence-corrected chi connectivity index (χ4v) is 4.42. The topological polar surface area (TPSA) is 28.2 Å². The van der Waals surface area contributed by atoms with Crippen molar-refractivity contribution in [2.45, 2.75) is 32.2 Å². The summed E-state index contributed by atoms with van der Waals surface area (Å²) >= 11 is 7.51. The van der Waals surface area contributed by atoms with Crippen LogP contribution in [0.1, 0.15) is 30.6 Å².